The number of hydrogen-bond acceptors (Lipinski definition) is 8. The van der Waals surface area contributed by atoms with E-state index < -0.39 is 60.6 Å². The zero-order valence-corrected chi connectivity index (χ0v) is 18.2. The summed E-state index contributed by atoms with van der Waals surface area (Å²) in [5, 5.41) is 42.8. The minimum Gasteiger partial charge on any atom is -0.508 e. The molecule has 1 aliphatic heterocycles. The van der Waals surface area contributed by atoms with Gasteiger partial charge in [0.1, 0.15) is 23.9 Å². The largest absolute Gasteiger partial charge is 0.508 e. The van der Waals surface area contributed by atoms with Crippen molar-refractivity contribution in [2.75, 3.05) is 13.2 Å². The summed E-state index contributed by atoms with van der Waals surface area (Å²) in [5.41, 5.74) is 6.56. The lowest BCUT2D eigenvalue weighted by Crippen LogP contribution is -2.60. The number of nitrogens with two attached hydrogens (primary N) is 1. The lowest BCUT2D eigenvalue weighted by Gasteiger charge is -2.28. The number of phenolic OH excluding ortho intramolecular Hbond substituents is 1. The first-order valence-electron chi connectivity index (χ1n) is 10.5. The molecule has 5 unspecified atom stereocenters. The van der Waals surface area contributed by atoms with Crippen molar-refractivity contribution in [3.8, 4) is 5.75 Å². The number of amides is 3. The van der Waals surface area contributed by atoms with Crippen molar-refractivity contribution in [2.24, 2.45) is 5.73 Å². The van der Waals surface area contributed by atoms with Gasteiger partial charge in [0, 0.05) is 6.54 Å². The number of aliphatic hydroxyl groups is 2. The van der Waals surface area contributed by atoms with Crippen LogP contribution >= 0.6 is 0 Å². The van der Waals surface area contributed by atoms with Crippen LogP contribution in [-0.2, 0) is 25.6 Å². The molecular formula is C21H30N4O8. The Morgan fingerprint density at radius 1 is 1.15 bits per heavy atom. The third-order valence-electron chi connectivity index (χ3n) is 5.41. The van der Waals surface area contributed by atoms with Crippen molar-refractivity contribution >= 4 is 23.7 Å². The molecule has 1 saturated heterocycles. The van der Waals surface area contributed by atoms with Gasteiger partial charge in [0.25, 0.3) is 0 Å². The van der Waals surface area contributed by atoms with E-state index in [1.54, 1.807) is 12.1 Å². The van der Waals surface area contributed by atoms with E-state index in [0.717, 1.165) is 4.90 Å². The number of carboxylic acids is 1. The van der Waals surface area contributed by atoms with E-state index in [0.29, 0.717) is 12.0 Å². The minimum atomic E-state index is -1.47. The molecule has 0 saturated carbocycles. The maximum Gasteiger partial charge on any atom is 0.326 e. The van der Waals surface area contributed by atoms with E-state index >= 15 is 0 Å². The molecule has 0 bridgehead atoms. The molecule has 0 aliphatic carbocycles. The van der Waals surface area contributed by atoms with E-state index in [4.69, 9.17) is 5.73 Å². The topological polar surface area (TPSA) is 203 Å². The van der Waals surface area contributed by atoms with Gasteiger partial charge in [-0.1, -0.05) is 12.1 Å². The Bertz CT molecular complexity index is 860. The Kier molecular flexibility index (Phi) is 9.14. The fourth-order valence-electron chi connectivity index (χ4n) is 3.58. The van der Waals surface area contributed by atoms with E-state index in [-0.39, 0.29) is 25.1 Å². The summed E-state index contributed by atoms with van der Waals surface area (Å²) in [6.07, 6.45) is -0.523. The van der Waals surface area contributed by atoms with Crippen molar-refractivity contribution in [3.63, 3.8) is 0 Å². The van der Waals surface area contributed by atoms with Gasteiger partial charge in [-0.3, -0.25) is 14.4 Å². The molecule has 0 aromatic heterocycles. The highest BCUT2D eigenvalue weighted by molar-refractivity contribution is 5.94. The fourth-order valence-corrected chi connectivity index (χ4v) is 3.58. The van der Waals surface area contributed by atoms with E-state index in [2.05, 4.69) is 10.6 Å². The van der Waals surface area contributed by atoms with Crippen molar-refractivity contribution in [1.29, 1.82) is 0 Å². The number of carboxylic acid groups (broad SMARTS) is 1. The second-order valence-electron chi connectivity index (χ2n) is 7.98. The molecule has 1 aromatic rings. The van der Waals surface area contributed by atoms with Crippen LogP contribution in [0.4, 0.5) is 0 Å². The number of benzene rings is 1. The predicted octanol–water partition coefficient (Wildman–Crippen LogP) is -2.32. The average Bonchev–Trinajstić information content (AvgIpc) is 3.26. The van der Waals surface area contributed by atoms with Crippen LogP contribution in [0.3, 0.4) is 0 Å². The van der Waals surface area contributed by atoms with Gasteiger partial charge >= 0.3 is 5.97 Å². The van der Waals surface area contributed by atoms with Crippen LogP contribution in [0, 0.1) is 0 Å². The molecule has 1 aromatic carbocycles. The zero-order chi connectivity index (χ0) is 24.7. The van der Waals surface area contributed by atoms with Crippen LogP contribution in [0.2, 0.25) is 0 Å². The molecule has 12 nitrogen and oxygen atoms in total. The Labute approximate surface area is 190 Å². The van der Waals surface area contributed by atoms with Crippen molar-refractivity contribution < 1.29 is 39.6 Å². The summed E-state index contributed by atoms with van der Waals surface area (Å²) < 4.78 is 0. The monoisotopic (exact) mass is 466 g/mol. The number of aliphatic hydroxyl groups excluding tert-OH is 2. The normalized spacial score (nSPS) is 19.3. The minimum absolute atomic E-state index is 0.0548. The van der Waals surface area contributed by atoms with Gasteiger partial charge in [0.15, 0.2) is 0 Å². The number of likely N-dealkylation sites (tertiary alicyclic amines) is 1. The third-order valence-corrected chi connectivity index (χ3v) is 5.41. The second-order valence-corrected chi connectivity index (χ2v) is 7.98. The number of nitrogens with zero attached hydrogens (tertiary/aromatic N) is 1. The Morgan fingerprint density at radius 3 is 2.33 bits per heavy atom. The highest BCUT2D eigenvalue weighted by atomic mass is 16.4. The maximum atomic E-state index is 12.7. The Morgan fingerprint density at radius 2 is 1.79 bits per heavy atom. The molecule has 8 N–H and O–H groups in total. The second kappa shape index (κ2) is 11.6. The number of aromatic hydroxyl groups is 1. The molecule has 0 spiro atoms. The number of phenols is 1. The van der Waals surface area contributed by atoms with Crippen LogP contribution in [0.1, 0.15) is 25.3 Å². The number of rotatable bonds is 10. The summed E-state index contributed by atoms with van der Waals surface area (Å²) in [6.45, 7) is 0.631. The highest BCUT2D eigenvalue weighted by Crippen LogP contribution is 2.18. The number of carbonyl (C=O) groups excluding carboxylic acids is 3. The average molecular weight is 466 g/mol. The molecule has 1 fully saturated rings. The summed E-state index contributed by atoms with van der Waals surface area (Å²) >= 11 is 0. The van der Waals surface area contributed by atoms with Crippen LogP contribution < -0.4 is 16.4 Å². The van der Waals surface area contributed by atoms with Gasteiger partial charge in [0.05, 0.1) is 18.8 Å². The molecule has 1 heterocycles. The van der Waals surface area contributed by atoms with Gasteiger partial charge in [-0.15, -0.1) is 0 Å². The smallest absolute Gasteiger partial charge is 0.326 e. The third kappa shape index (κ3) is 6.88. The summed E-state index contributed by atoms with van der Waals surface area (Å²) in [6, 6.07) is 1.01. The number of carbonyl (C=O) groups is 4. The SMILES string of the molecule is CC(O)C(NC(=O)C(N)Cc1ccc(O)cc1)C(=O)NC(CO)C(=O)N1CCCC1C(=O)O. The van der Waals surface area contributed by atoms with Gasteiger partial charge in [0.2, 0.25) is 17.7 Å². The van der Waals surface area contributed by atoms with E-state index in [9.17, 15) is 39.6 Å². The first kappa shape index (κ1) is 26.0. The van der Waals surface area contributed by atoms with Crippen molar-refractivity contribution in [1.82, 2.24) is 15.5 Å². The summed E-state index contributed by atoms with van der Waals surface area (Å²) in [7, 11) is 0. The molecule has 5 atom stereocenters. The quantitative estimate of drug-likeness (QED) is 0.197. The molecule has 2 rings (SSSR count). The standard InChI is InChI=1S/C21H30N4O8/c1-11(27)17(24-18(29)14(22)9-12-4-6-13(28)7-5-12)19(30)23-15(10-26)20(31)25-8-2-3-16(25)21(32)33/h4-7,11,14-17,26-28H,2-3,8-10,22H2,1H3,(H,23,30)(H,24,29)(H,32,33). The fraction of sp³-hybridized carbons (Fsp3) is 0.524. The predicted molar refractivity (Wildman–Crippen MR) is 115 cm³/mol. The van der Waals surface area contributed by atoms with Crippen LogP contribution in [-0.4, -0.2) is 92.4 Å². The van der Waals surface area contributed by atoms with Crippen LogP contribution in [0.25, 0.3) is 0 Å². The maximum absolute atomic E-state index is 12.7. The lowest BCUT2D eigenvalue weighted by molar-refractivity contribution is -0.150. The number of nitrogens with one attached hydrogen (secondary N) is 2. The van der Waals surface area contributed by atoms with Crippen LogP contribution in [0.15, 0.2) is 24.3 Å². The summed E-state index contributed by atoms with van der Waals surface area (Å²) in [5.74, 6) is -3.56. The molecule has 0 radical (unpaired) electrons. The van der Waals surface area contributed by atoms with Gasteiger partial charge < -0.3 is 41.7 Å². The first-order valence-corrected chi connectivity index (χ1v) is 10.5. The van der Waals surface area contributed by atoms with Crippen molar-refractivity contribution in [2.45, 2.75) is 56.5 Å². The molecular weight excluding hydrogens is 436 g/mol. The summed E-state index contributed by atoms with van der Waals surface area (Å²) in [4.78, 5) is 50.3. The van der Waals surface area contributed by atoms with Crippen molar-refractivity contribution in [3.05, 3.63) is 29.8 Å². The zero-order valence-electron chi connectivity index (χ0n) is 18.2. The number of aliphatic carboxylic acids is 1. The van der Waals surface area contributed by atoms with Gasteiger partial charge in [-0.05, 0) is 43.9 Å². The molecule has 182 valence electrons. The van der Waals surface area contributed by atoms with E-state index in [1.165, 1.54) is 19.1 Å². The van der Waals surface area contributed by atoms with Gasteiger partial charge in [-0.25, -0.2) is 4.79 Å². The Balaban J connectivity index is 2.02. The van der Waals surface area contributed by atoms with E-state index in [1.807, 2.05) is 0 Å². The molecule has 1 aliphatic rings. The van der Waals surface area contributed by atoms with Crippen LogP contribution in [0.5, 0.6) is 5.75 Å². The van der Waals surface area contributed by atoms with Gasteiger partial charge in [-0.2, -0.15) is 0 Å². The number of hydrogen-bond donors (Lipinski definition) is 7. The highest BCUT2D eigenvalue weighted by Gasteiger charge is 2.38. The first-order chi connectivity index (χ1) is 15.5. The molecule has 3 amide bonds. The molecule has 33 heavy (non-hydrogen) atoms. The lowest BCUT2D eigenvalue weighted by atomic mass is 10.0. The Hall–Kier alpha value is -3.22. The molecule has 12 heteroatoms.